The first kappa shape index (κ1) is 34.4. The van der Waals surface area contributed by atoms with Crippen LogP contribution in [-0.2, 0) is 28.5 Å². The molecule has 11 N–H and O–H groups in total. The van der Waals surface area contributed by atoms with Crippen molar-refractivity contribution >= 4 is 11.9 Å². The van der Waals surface area contributed by atoms with E-state index in [4.69, 9.17) is 34.9 Å². The number of carbonyl (C=O) groups is 2. The van der Waals surface area contributed by atoms with Crippen molar-refractivity contribution in [1.29, 1.82) is 5.26 Å². The third kappa shape index (κ3) is 9.34. The Kier molecular flexibility index (Phi) is 13.4. The Bertz CT molecular complexity index is 1010. The van der Waals surface area contributed by atoms with Gasteiger partial charge in [-0.2, -0.15) is 5.26 Å². The van der Waals surface area contributed by atoms with E-state index < -0.39 is 105 Å². The molecule has 230 valence electrons. The van der Waals surface area contributed by atoms with Gasteiger partial charge >= 0.3 is 11.9 Å². The lowest BCUT2D eigenvalue weighted by molar-refractivity contribution is -0.334. The highest BCUT2D eigenvalue weighted by Crippen LogP contribution is 2.29. The fourth-order valence-corrected chi connectivity index (χ4v) is 3.78. The Labute approximate surface area is 233 Å². The number of benzene rings is 1. The monoisotopic (exact) mass is 590 g/mol. The first-order valence-corrected chi connectivity index (χ1v) is 12.2. The molecule has 0 spiro atoms. The number of hydrogen-bond acceptors (Lipinski definition) is 15. The summed E-state index contributed by atoms with van der Waals surface area (Å²) in [6, 6.07) is 9.03. The summed E-state index contributed by atoms with van der Waals surface area (Å²) in [6.07, 6.45) is -17.0. The number of ether oxygens (including phenoxy) is 4. The summed E-state index contributed by atoms with van der Waals surface area (Å²) in [5.74, 6) is -2.50. The maximum atomic E-state index is 10.3. The van der Waals surface area contributed by atoms with E-state index in [-0.39, 0.29) is 0 Å². The van der Waals surface area contributed by atoms with E-state index in [2.05, 4.69) is 0 Å². The molecule has 2 saturated heterocycles. The van der Waals surface area contributed by atoms with Crippen molar-refractivity contribution in [1.82, 2.24) is 0 Å². The lowest BCUT2D eigenvalue weighted by Crippen LogP contribution is -2.61. The van der Waals surface area contributed by atoms with E-state index in [0.29, 0.717) is 5.56 Å². The number of nitriles is 1. The minimum atomic E-state index is -1.70. The average molecular weight is 591 g/mol. The first-order chi connectivity index (χ1) is 19.3. The number of hydrogen-bond donors (Lipinski definition) is 10. The molecule has 41 heavy (non-hydrogen) atoms. The zero-order chi connectivity index (χ0) is 30.9. The quantitative estimate of drug-likeness (QED) is 0.123. The van der Waals surface area contributed by atoms with Gasteiger partial charge in [0.05, 0.1) is 25.7 Å². The second kappa shape index (κ2) is 16.0. The number of aliphatic carboxylic acids is 2. The second-order valence-electron chi connectivity index (χ2n) is 9.14. The highest BCUT2D eigenvalue weighted by molar-refractivity contribution is 5.80. The minimum Gasteiger partial charge on any atom is -0.481 e. The van der Waals surface area contributed by atoms with Crippen LogP contribution < -0.4 is 5.73 Å². The molecule has 1 aromatic carbocycles. The topological polar surface area (TPSA) is 303 Å². The Morgan fingerprint density at radius 3 is 1.90 bits per heavy atom. The molecule has 0 saturated carbocycles. The van der Waals surface area contributed by atoms with Gasteiger partial charge in [-0.05, 0) is 5.56 Å². The lowest BCUT2D eigenvalue weighted by Gasteiger charge is -2.43. The van der Waals surface area contributed by atoms with Crippen LogP contribution in [0.1, 0.15) is 18.1 Å². The van der Waals surface area contributed by atoms with Crippen LogP contribution in [0.2, 0.25) is 0 Å². The van der Waals surface area contributed by atoms with E-state index in [0.717, 1.165) is 0 Å². The molecule has 2 heterocycles. The number of carboxylic acids is 2. The fourth-order valence-electron chi connectivity index (χ4n) is 3.78. The van der Waals surface area contributed by atoms with E-state index in [1.54, 1.807) is 30.3 Å². The maximum Gasteiger partial charge on any atom is 0.321 e. The van der Waals surface area contributed by atoms with Gasteiger partial charge < -0.3 is 70.6 Å². The van der Waals surface area contributed by atoms with Crippen LogP contribution in [0.25, 0.3) is 0 Å². The summed E-state index contributed by atoms with van der Waals surface area (Å²) in [6.45, 7) is -1.14. The van der Waals surface area contributed by atoms with Crippen LogP contribution in [0.3, 0.4) is 0 Å². The summed E-state index contributed by atoms with van der Waals surface area (Å²) >= 11 is 0. The van der Waals surface area contributed by atoms with Crippen LogP contribution in [0.5, 0.6) is 0 Å². The molecule has 0 radical (unpaired) electrons. The van der Waals surface area contributed by atoms with Crippen LogP contribution in [0, 0.1) is 11.3 Å². The Balaban J connectivity index is 0.000000564. The summed E-state index contributed by atoms with van der Waals surface area (Å²) in [5.41, 5.74) is 5.32. The normalized spacial score (nSPS) is 34.8. The van der Waals surface area contributed by atoms with Gasteiger partial charge in [0.25, 0.3) is 0 Å². The van der Waals surface area contributed by atoms with Gasteiger partial charge in [0, 0.05) is 0 Å². The molecule has 2 aliphatic rings. The molecule has 1 unspecified atom stereocenters. The molecule has 3 rings (SSSR count). The smallest absolute Gasteiger partial charge is 0.321 e. The van der Waals surface area contributed by atoms with Crippen molar-refractivity contribution in [2.24, 2.45) is 5.73 Å². The molecule has 0 bridgehead atoms. The van der Waals surface area contributed by atoms with Gasteiger partial charge in [-0.15, -0.1) is 0 Å². The lowest BCUT2D eigenvalue weighted by atomic mass is 9.98. The molecule has 0 amide bonds. The molecule has 0 aliphatic carbocycles. The van der Waals surface area contributed by atoms with Gasteiger partial charge in [-0.1, -0.05) is 30.3 Å². The number of nitrogens with zero attached hydrogens (tertiary/aromatic N) is 1. The van der Waals surface area contributed by atoms with Crippen molar-refractivity contribution in [3.63, 3.8) is 0 Å². The molecule has 17 heteroatoms. The third-order valence-corrected chi connectivity index (χ3v) is 6.14. The molecule has 2 aliphatic heterocycles. The van der Waals surface area contributed by atoms with Gasteiger partial charge in [-0.25, -0.2) is 0 Å². The molecule has 2 fully saturated rings. The third-order valence-electron chi connectivity index (χ3n) is 6.14. The number of rotatable bonds is 10. The van der Waals surface area contributed by atoms with E-state index in [1.807, 2.05) is 6.07 Å². The first-order valence-electron chi connectivity index (χ1n) is 12.2. The van der Waals surface area contributed by atoms with E-state index in [9.17, 15) is 50.6 Å². The molecule has 0 aromatic heterocycles. The zero-order valence-electron chi connectivity index (χ0n) is 21.4. The summed E-state index contributed by atoms with van der Waals surface area (Å²) < 4.78 is 21.6. The second-order valence-corrected chi connectivity index (χ2v) is 9.14. The predicted octanol–water partition coefficient (Wildman–Crippen LogP) is -4.24. The predicted molar refractivity (Wildman–Crippen MR) is 130 cm³/mol. The average Bonchev–Trinajstić information content (AvgIpc) is 2.95. The van der Waals surface area contributed by atoms with Gasteiger partial charge in [0.15, 0.2) is 18.7 Å². The van der Waals surface area contributed by atoms with Crippen molar-refractivity contribution < 1.29 is 74.5 Å². The standard InChI is InChI=1S/C20H27NO11.C4H7NO4/c21-6-10(9-4-2-1-3-5-9)30-20-18(28)16(26)14(24)12(32-20)8-29-19-17(27)15(25)13(23)11(7-22)31-19;5-2(4(8)9)1-3(6)7/h1-5,10-20,22-28H,7-8H2;2H,1,5H2,(H,6,7)(H,8,9)/t10-,11+,12+,13+,14+,15-,16-,17+,18+,19+,20+;/m0./s1. The number of nitrogens with two attached hydrogens (primary N) is 1. The van der Waals surface area contributed by atoms with Crippen LogP contribution >= 0.6 is 0 Å². The molecular formula is C24H34N2O15. The van der Waals surface area contributed by atoms with Gasteiger partial charge in [-0.3, -0.25) is 9.59 Å². The van der Waals surface area contributed by atoms with Crippen LogP contribution in [-0.4, -0.2) is 139 Å². The molecule has 17 nitrogen and oxygen atoms in total. The van der Waals surface area contributed by atoms with E-state index in [1.165, 1.54) is 0 Å². The summed E-state index contributed by atoms with van der Waals surface area (Å²) in [5, 5.41) is 95.1. The van der Waals surface area contributed by atoms with E-state index >= 15 is 0 Å². The van der Waals surface area contributed by atoms with Crippen molar-refractivity contribution in [2.45, 2.75) is 80.0 Å². The van der Waals surface area contributed by atoms with Gasteiger partial charge in [0.1, 0.15) is 54.9 Å². The Morgan fingerprint density at radius 1 is 0.878 bits per heavy atom. The Hall–Kier alpha value is -2.83. The Morgan fingerprint density at radius 2 is 1.41 bits per heavy atom. The van der Waals surface area contributed by atoms with Crippen molar-refractivity contribution in [3.05, 3.63) is 35.9 Å². The largest absolute Gasteiger partial charge is 0.481 e. The fraction of sp³-hybridized carbons (Fsp3) is 0.625. The van der Waals surface area contributed by atoms with Gasteiger partial charge in [0.2, 0.25) is 0 Å². The van der Waals surface area contributed by atoms with Crippen LogP contribution in [0.15, 0.2) is 30.3 Å². The number of aliphatic hydroxyl groups excluding tert-OH is 7. The number of aliphatic hydroxyl groups is 7. The zero-order valence-corrected chi connectivity index (χ0v) is 21.4. The van der Waals surface area contributed by atoms with Crippen molar-refractivity contribution in [3.8, 4) is 6.07 Å². The molecule has 1 aromatic rings. The minimum absolute atomic E-state index is 0.487. The van der Waals surface area contributed by atoms with Crippen molar-refractivity contribution in [2.75, 3.05) is 13.2 Å². The summed E-state index contributed by atoms with van der Waals surface area (Å²) in [7, 11) is 0. The van der Waals surface area contributed by atoms with Crippen LogP contribution in [0.4, 0.5) is 0 Å². The summed E-state index contributed by atoms with van der Waals surface area (Å²) in [4.78, 5) is 19.6. The molecular weight excluding hydrogens is 556 g/mol. The number of carboxylic acid groups (broad SMARTS) is 2. The molecule has 12 atom stereocenters. The SMILES string of the molecule is N#C[C@H](O[C@@H]1O[C@H](CO[C@@H]2O[C@H](CO)[C@@H](O)[C@H](O)[C@H]2O)[C@@H](O)[C@H](O)[C@H]1O)c1ccccc1.NC(CC(=O)O)C(=O)O. The highest BCUT2D eigenvalue weighted by Gasteiger charge is 2.48. The highest BCUT2D eigenvalue weighted by atomic mass is 16.7. The maximum absolute atomic E-state index is 10.3.